The molecule has 0 N–H and O–H groups in total. The molecule has 0 aromatic carbocycles. The fraction of sp³-hybridized carbons (Fsp3) is 0.231. The van der Waals surface area contributed by atoms with E-state index < -0.39 is 4.92 Å². The summed E-state index contributed by atoms with van der Waals surface area (Å²) >= 11 is 7.07. The first-order valence-electron chi connectivity index (χ1n) is 6.21. The molecule has 1 amide bonds. The van der Waals surface area contributed by atoms with Gasteiger partial charge in [-0.15, -0.1) is 11.3 Å². The Morgan fingerprint density at radius 2 is 2.29 bits per heavy atom. The summed E-state index contributed by atoms with van der Waals surface area (Å²) in [6.45, 7) is 0.879. The van der Waals surface area contributed by atoms with Gasteiger partial charge in [0.05, 0.1) is 14.1 Å². The van der Waals surface area contributed by atoms with Crippen LogP contribution >= 0.6 is 22.9 Å². The van der Waals surface area contributed by atoms with Gasteiger partial charge in [-0.1, -0.05) is 11.6 Å². The predicted octanol–water partition coefficient (Wildman–Crippen LogP) is 2.90. The number of fused-ring (bicyclic) bond motifs is 1. The van der Waals surface area contributed by atoms with E-state index in [1.54, 1.807) is 17.0 Å². The van der Waals surface area contributed by atoms with E-state index in [1.807, 2.05) is 0 Å². The Labute approximate surface area is 129 Å². The lowest BCUT2D eigenvalue weighted by atomic mass is 10.1. The van der Waals surface area contributed by atoms with Gasteiger partial charge in [0.15, 0.2) is 0 Å². The lowest BCUT2D eigenvalue weighted by molar-refractivity contribution is -0.385. The summed E-state index contributed by atoms with van der Waals surface area (Å²) in [7, 11) is 0. The maximum absolute atomic E-state index is 12.4. The van der Waals surface area contributed by atoms with Crippen LogP contribution in [0.3, 0.4) is 0 Å². The number of nitro groups is 1. The van der Waals surface area contributed by atoms with Gasteiger partial charge in [0.2, 0.25) is 0 Å². The van der Waals surface area contributed by atoms with E-state index in [1.165, 1.54) is 23.6 Å². The molecule has 0 aliphatic carbocycles. The van der Waals surface area contributed by atoms with Crippen LogP contribution in [0.2, 0.25) is 4.34 Å². The van der Waals surface area contributed by atoms with Gasteiger partial charge in [0.25, 0.3) is 11.6 Å². The first-order valence-corrected chi connectivity index (χ1v) is 7.41. The maximum atomic E-state index is 12.4. The highest BCUT2D eigenvalue weighted by molar-refractivity contribution is 7.17. The molecule has 21 heavy (non-hydrogen) atoms. The fourth-order valence-electron chi connectivity index (χ4n) is 2.27. The van der Waals surface area contributed by atoms with Crippen LogP contribution in [0.5, 0.6) is 0 Å². The van der Waals surface area contributed by atoms with Crippen LogP contribution < -0.4 is 0 Å². The van der Waals surface area contributed by atoms with Crippen LogP contribution in [0.1, 0.15) is 20.9 Å². The SMILES string of the molecule is O=C(c1ccc(Cl)s1)N1CCc2ncc([N+](=O)[O-])cc2C1. The van der Waals surface area contributed by atoms with E-state index in [0.717, 1.165) is 11.3 Å². The van der Waals surface area contributed by atoms with Crippen molar-refractivity contribution in [1.29, 1.82) is 0 Å². The summed E-state index contributed by atoms with van der Waals surface area (Å²) in [6.07, 6.45) is 1.85. The van der Waals surface area contributed by atoms with Crippen LogP contribution in [0.4, 0.5) is 5.69 Å². The Morgan fingerprint density at radius 1 is 1.48 bits per heavy atom. The lowest BCUT2D eigenvalue weighted by Crippen LogP contribution is -2.36. The standard InChI is InChI=1S/C13H10ClN3O3S/c14-12-2-1-11(21-12)13(18)16-4-3-10-8(7-16)5-9(6-15-10)17(19)20/h1-2,5-6H,3-4,7H2. The van der Waals surface area contributed by atoms with Gasteiger partial charge in [-0.25, -0.2) is 0 Å². The number of hydrogen-bond donors (Lipinski definition) is 0. The molecule has 3 heterocycles. The largest absolute Gasteiger partial charge is 0.333 e. The first-order chi connectivity index (χ1) is 10.0. The smallest absolute Gasteiger partial charge is 0.287 e. The Hall–Kier alpha value is -1.99. The van der Waals surface area contributed by atoms with Crippen LogP contribution in [0, 0.1) is 10.1 Å². The second-order valence-corrected chi connectivity index (χ2v) is 6.35. The molecule has 2 aromatic heterocycles. The average molecular weight is 324 g/mol. The monoisotopic (exact) mass is 323 g/mol. The topological polar surface area (TPSA) is 76.3 Å². The quantitative estimate of drug-likeness (QED) is 0.629. The normalized spacial score (nSPS) is 13.9. The molecular formula is C13H10ClN3O3S. The molecule has 108 valence electrons. The van der Waals surface area contributed by atoms with Crippen LogP contribution in [-0.2, 0) is 13.0 Å². The molecule has 0 fully saturated rings. The van der Waals surface area contributed by atoms with Crippen molar-refractivity contribution < 1.29 is 9.72 Å². The lowest BCUT2D eigenvalue weighted by Gasteiger charge is -2.27. The Morgan fingerprint density at radius 3 is 2.95 bits per heavy atom. The number of nitrogens with zero attached hydrogens (tertiary/aromatic N) is 3. The number of rotatable bonds is 2. The molecule has 0 radical (unpaired) electrons. The zero-order chi connectivity index (χ0) is 15.0. The van der Waals surface area contributed by atoms with E-state index in [4.69, 9.17) is 11.6 Å². The zero-order valence-corrected chi connectivity index (χ0v) is 12.4. The Balaban J connectivity index is 1.84. The number of halogens is 1. The minimum absolute atomic E-state index is 0.0535. The molecule has 1 aliphatic rings. The second kappa shape index (κ2) is 5.42. The number of aromatic nitrogens is 1. The van der Waals surface area contributed by atoms with Gasteiger partial charge < -0.3 is 4.90 Å². The van der Waals surface area contributed by atoms with E-state index in [9.17, 15) is 14.9 Å². The van der Waals surface area contributed by atoms with Gasteiger partial charge in [-0.3, -0.25) is 19.9 Å². The molecule has 8 heteroatoms. The Kier molecular flexibility index (Phi) is 3.60. The van der Waals surface area contributed by atoms with E-state index in [2.05, 4.69) is 4.98 Å². The summed E-state index contributed by atoms with van der Waals surface area (Å²) < 4.78 is 0.563. The first kappa shape index (κ1) is 14.0. The fourth-order valence-corrected chi connectivity index (χ4v) is 3.28. The van der Waals surface area contributed by atoms with E-state index >= 15 is 0 Å². The zero-order valence-electron chi connectivity index (χ0n) is 10.8. The number of amides is 1. The third-order valence-electron chi connectivity index (χ3n) is 3.31. The summed E-state index contributed by atoms with van der Waals surface area (Å²) in [5.41, 5.74) is 1.49. The third kappa shape index (κ3) is 2.74. The van der Waals surface area contributed by atoms with Crippen molar-refractivity contribution in [2.24, 2.45) is 0 Å². The summed E-state index contributed by atoms with van der Waals surface area (Å²) in [6, 6.07) is 4.86. The van der Waals surface area contributed by atoms with Crippen molar-refractivity contribution in [2.45, 2.75) is 13.0 Å². The molecule has 0 spiro atoms. The number of carbonyl (C=O) groups is 1. The summed E-state index contributed by atoms with van der Waals surface area (Å²) in [4.78, 5) is 29.0. The second-order valence-electron chi connectivity index (χ2n) is 4.64. The van der Waals surface area contributed by atoms with Crippen molar-refractivity contribution in [2.75, 3.05) is 6.54 Å². The summed E-state index contributed by atoms with van der Waals surface area (Å²) in [5, 5.41) is 10.8. The van der Waals surface area contributed by atoms with Crippen molar-refractivity contribution in [3.05, 3.63) is 55.0 Å². The molecule has 0 bridgehead atoms. The van der Waals surface area contributed by atoms with Gasteiger partial charge in [0, 0.05) is 31.3 Å². The van der Waals surface area contributed by atoms with Crippen LogP contribution in [0.25, 0.3) is 0 Å². The predicted molar refractivity (Wildman–Crippen MR) is 78.7 cm³/mol. The van der Waals surface area contributed by atoms with Gasteiger partial charge in [-0.05, 0) is 17.7 Å². The van der Waals surface area contributed by atoms with Gasteiger partial charge in [0.1, 0.15) is 6.20 Å². The molecule has 2 aromatic rings. The molecule has 3 rings (SSSR count). The highest BCUT2D eigenvalue weighted by atomic mass is 35.5. The maximum Gasteiger partial charge on any atom is 0.287 e. The van der Waals surface area contributed by atoms with Crippen molar-refractivity contribution >= 4 is 34.5 Å². The minimum Gasteiger partial charge on any atom is -0.333 e. The van der Waals surface area contributed by atoms with E-state index in [-0.39, 0.29) is 11.6 Å². The van der Waals surface area contributed by atoms with Gasteiger partial charge >= 0.3 is 0 Å². The molecule has 0 saturated heterocycles. The van der Waals surface area contributed by atoms with Crippen LogP contribution in [-0.4, -0.2) is 27.3 Å². The number of pyridine rings is 1. The van der Waals surface area contributed by atoms with Crippen molar-refractivity contribution in [1.82, 2.24) is 9.88 Å². The van der Waals surface area contributed by atoms with Crippen molar-refractivity contribution in [3.63, 3.8) is 0 Å². The minimum atomic E-state index is -0.479. The van der Waals surface area contributed by atoms with Gasteiger partial charge in [-0.2, -0.15) is 0 Å². The number of carbonyl (C=O) groups excluding carboxylic acids is 1. The Bertz CT molecular complexity index is 731. The molecule has 0 unspecified atom stereocenters. The van der Waals surface area contributed by atoms with Crippen molar-refractivity contribution in [3.8, 4) is 0 Å². The average Bonchev–Trinajstić information content (AvgIpc) is 2.91. The molecule has 0 atom stereocenters. The summed E-state index contributed by atoms with van der Waals surface area (Å²) in [5.74, 6) is -0.107. The molecule has 0 saturated carbocycles. The number of hydrogen-bond acceptors (Lipinski definition) is 5. The molecule has 1 aliphatic heterocycles. The van der Waals surface area contributed by atoms with E-state index in [0.29, 0.717) is 28.7 Å². The third-order valence-corrected chi connectivity index (χ3v) is 4.53. The molecule has 6 nitrogen and oxygen atoms in total. The molecular weight excluding hydrogens is 314 g/mol. The van der Waals surface area contributed by atoms with Crippen LogP contribution in [0.15, 0.2) is 24.4 Å². The highest BCUT2D eigenvalue weighted by Gasteiger charge is 2.25. The number of thiophene rings is 1. The highest BCUT2D eigenvalue weighted by Crippen LogP contribution is 2.26.